The molecule has 0 saturated carbocycles. The average Bonchev–Trinajstić information content (AvgIpc) is 2.63. The zero-order chi connectivity index (χ0) is 18.2. The van der Waals surface area contributed by atoms with Gasteiger partial charge in [0.25, 0.3) is 0 Å². The van der Waals surface area contributed by atoms with Crippen LogP contribution in [0.15, 0.2) is 12.1 Å². The number of halogens is 3. The minimum absolute atomic E-state index is 0. The highest BCUT2D eigenvalue weighted by atomic mass is 35.5. The summed E-state index contributed by atoms with van der Waals surface area (Å²) in [5.41, 5.74) is -0.327. The summed E-state index contributed by atoms with van der Waals surface area (Å²) in [6.45, 7) is 3.74. The number of hydrogen-bond donors (Lipinski definition) is 1. The van der Waals surface area contributed by atoms with Gasteiger partial charge in [0.05, 0.1) is 12.2 Å². The normalized spacial score (nSPS) is 16.8. The van der Waals surface area contributed by atoms with Crippen LogP contribution in [0.5, 0.6) is 5.75 Å². The molecule has 6 nitrogen and oxygen atoms in total. The maximum Gasteiger partial charge on any atom is 0.410 e. The zero-order valence-electron chi connectivity index (χ0n) is 14.9. The second-order valence-corrected chi connectivity index (χ2v) is 5.69. The number of nitrogens with one attached hydrogen (secondary N) is 1. The number of amides is 1. The third kappa shape index (κ3) is 5.69. The molecule has 1 amide bonds. The molecule has 0 bridgehead atoms. The fraction of sp³-hybridized carbons (Fsp3) is 0.588. The smallest absolute Gasteiger partial charge is 0.410 e. The van der Waals surface area contributed by atoms with Crippen molar-refractivity contribution in [3.05, 3.63) is 29.3 Å². The van der Waals surface area contributed by atoms with Crippen LogP contribution in [0.1, 0.15) is 18.9 Å². The molecule has 1 aromatic carbocycles. The minimum Gasteiger partial charge on any atom is -0.488 e. The molecule has 0 aliphatic carbocycles. The summed E-state index contributed by atoms with van der Waals surface area (Å²) in [7, 11) is 1.49. The molecule has 1 N–H and O–H groups in total. The van der Waals surface area contributed by atoms with Gasteiger partial charge >= 0.3 is 6.09 Å². The lowest BCUT2D eigenvalue weighted by atomic mass is 10.1. The molecule has 1 aliphatic rings. The van der Waals surface area contributed by atoms with E-state index in [1.54, 1.807) is 4.90 Å². The molecule has 0 unspecified atom stereocenters. The lowest BCUT2D eigenvalue weighted by Gasteiger charge is -2.34. The van der Waals surface area contributed by atoms with Gasteiger partial charge in [0.2, 0.25) is 0 Å². The van der Waals surface area contributed by atoms with Gasteiger partial charge in [0.1, 0.15) is 19.0 Å². The van der Waals surface area contributed by atoms with E-state index in [1.165, 1.54) is 13.2 Å². The quantitative estimate of drug-likeness (QED) is 0.720. The lowest BCUT2D eigenvalue weighted by molar-refractivity contribution is 0.0696. The summed E-state index contributed by atoms with van der Waals surface area (Å²) >= 11 is 0. The van der Waals surface area contributed by atoms with Crippen molar-refractivity contribution in [3.8, 4) is 5.75 Å². The van der Waals surface area contributed by atoms with Crippen LogP contribution in [0, 0.1) is 11.6 Å². The highest BCUT2D eigenvalue weighted by Gasteiger charge is 2.27. The van der Waals surface area contributed by atoms with E-state index >= 15 is 0 Å². The molecule has 0 spiro atoms. The molecule has 2 rings (SSSR count). The van der Waals surface area contributed by atoms with E-state index in [-0.39, 0.29) is 43.0 Å². The number of ether oxygens (including phenoxy) is 3. The highest BCUT2D eigenvalue weighted by Crippen LogP contribution is 2.24. The molecular weight excluding hydrogens is 370 g/mol. The molecule has 148 valence electrons. The summed E-state index contributed by atoms with van der Waals surface area (Å²) in [5.74, 6) is -1.74. The Balaban J connectivity index is 0.00000338. The molecule has 1 heterocycles. The first-order valence-electron chi connectivity index (χ1n) is 8.31. The van der Waals surface area contributed by atoms with Crippen LogP contribution < -0.4 is 10.1 Å². The van der Waals surface area contributed by atoms with Gasteiger partial charge in [-0.1, -0.05) is 6.92 Å². The first-order chi connectivity index (χ1) is 12.1. The van der Waals surface area contributed by atoms with Gasteiger partial charge in [-0.25, -0.2) is 13.6 Å². The van der Waals surface area contributed by atoms with E-state index in [9.17, 15) is 13.6 Å². The van der Waals surface area contributed by atoms with Crippen molar-refractivity contribution in [1.29, 1.82) is 0 Å². The maximum absolute atomic E-state index is 14.4. The molecule has 1 fully saturated rings. The molecule has 0 radical (unpaired) electrons. The van der Waals surface area contributed by atoms with Crippen LogP contribution >= 0.6 is 12.4 Å². The first kappa shape index (κ1) is 22.4. The molecule has 9 heteroatoms. The van der Waals surface area contributed by atoms with Crippen LogP contribution in [-0.4, -0.2) is 57.0 Å². The summed E-state index contributed by atoms with van der Waals surface area (Å²) < 4.78 is 43.5. The Kier molecular flexibility index (Phi) is 9.61. The Morgan fingerprint density at radius 1 is 1.35 bits per heavy atom. The summed E-state index contributed by atoms with van der Waals surface area (Å²) in [6.07, 6.45) is 0.200. The van der Waals surface area contributed by atoms with Gasteiger partial charge in [-0.15, -0.1) is 12.4 Å². The molecule has 1 atom stereocenters. The minimum atomic E-state index is -0.865. The fourth-order valence-corrected chi connectivity index (χ4v) is 2.64. The van der Waals surface area contributed by atoms with Gasteiger partial charge in [-0.2, -0.15) is 0 Å². The van der Waals surface area contributed by atoms with E-state index in [4.69, 9.17) is 14.2 Å². The first-order valence-corrected chi connectivity index (χ1v) is 8.31. The fourth-order valence-electron chi connectivity index (χ4n) is 2.64. The van der Waals surface area contributed by atoms with E-state index in [0.29, 0.717) is 19.6 Å². The van der Waals surface area contributed by atoms with Crippen molar-refractivity contribution in [2.75, 3.05) is 40.0 Å². The van der Waals surface area contributed by atoms with Gasteiger partial charge in [-0.3, -0.25) is 0 Å². The molecular formula is C17H25ClF2N2O4. The number of carbonyl (C=O) groups is 1. The average molecular weight is 395 g/mol. The Bertz CT molecular complexity index is 592. The molecule has 1 saturated heterocycles. The second-order valence-electron chi connectivity index (χ2n) is 5.69. The van der Waals surface area contributed by atoms with Gasteiger partial charge in [0, 0.05) is 32.8 Å². The van der Waals surface area contributed by atoms with Gasteiger partial charge in [0.15, 0.2) is 11.6 Å². The van der Waals surface area contributed by atoms with Crippen molar-refractivity contribution in [1.82, 2.24) is 10.2 Å². The molecule has 0 aromatic heterocycles. The number of carbonyl (C=O) groups excluding carboxylic acids is 1. The van der Waals surface area contributed by atoms with E-state index in [2.05, 4.69) is 5.32 Å². The molecule has 1 aromatic rings. The molecule has 1 aliphatic heterocycles. The number of rotatable bonds is 7. The summed E-state index contributed by atoms with van der Waals surface area (Å²) in [4.78, 5) is 13.8. The SMILES string of the molecule is CC[C@@H]1CNCCN1C(=O)OCc1c(F)ccc(OCCOC)c1F.Cl. The summed E-state index contributed by atoms with van der Waals surface area (Å²) in [6, 6.07) is 2.31. The topological polar surface area (TPSA) is 60.0 Å². The van der Waals surface area contributed by atoms with Crippen LogP contribution in [-0.2, 0) is 16.1 Å². The number of methoxy groups -OCH3 is 1. The third-order valence-corrected chi connectivity index (χ3v) is 4.09. The Labute approximate surface area is 158 Å². The van der Waals surface area contributed by atoms with E-state index in [1.807, 2.05) is 6.92 Å². The van der Waals surface area contributed by atoms with Crippen LogP contribution in [0.4, 0.5) is 13.6 Å². The van der Waals surface area contributed by atoms with Crippen molar-refractivity contribution < 1.29 is 27.8 Å². The maximum atomic E-state index is 14.4. The van der Waals surface area contributed by atoms with Gasteiger partial charge < -0.3 is 24.4 Å². The van der Waals surface area contributed by atoms with Crippen molar-refractivity contribution >= 4 is 18.5 Å². The van der Waals surface area contributed by atoms with Crippen LogP contribution in [0.3, 0.4) is 0 Å². The monoisotopic (exact) mass is 394 g/mol. The predicted octanol–water partition coefficient (Wildman–Crippen LogP) is 2.73. The van der Waals surface area contributed by atoms with Crippen LogP contribution in [0.2, 0.25) is 0 Å². The van der Waals surface area contributed by atoms with E-state index in [0.717, 1.165) is 12.5 Å². The lowest BCUT2D eigenvalue weighted by Crippen LogP contribution is -2.53. The molecule has 26 heavy (non-hydrogen) atoms. The van der Waals surface area contributed by atoms with Gasteiger partial charge in [-0.05, 0) is 18.6 Å². The van der Waals surface area contributed by atoms with Crippen molar-refractivity contribution in [3.63, 3.8) is 0 Å². The van der Waals surface area contributed by atoms with Crippen LogP contribution in [0.25, 0.3) is 0 Å². The number of hydrogen-bond acceptors (Lipinski definition) is 5. The standard InChI is InChI=1S/C17H24F2N2O4.ClH/c1-3-12-10-20-6-7-21(12)17(22)25-11-13-14(18)4-5-15(16(13)19)24-9-8-23-2;/h4-5,12,20H,3,6-11H2,1-2H3;1H/t12-;/m1./s1. The summed E-state index contributed by atoms with van der Waals surface area (Å²) in [5, 5.41) is 3.20. The van der Waals surface area contributed by atoms with Crippen molar-refractivity contribution in [2.24, 2.45) is 0 Å². The predicted molar refractivity (Wildman–Crippen MR) is 94.8 cm³/mol. The number of benzene rings is 1. The Morgan fingerprint density at radius 3 is 2.81 bits per heavy atom. The number of nitrogens with zero attached hydrogens (tertiary/aromatic N) is 1. The zero-order valence-corrected chi connectivity index (χ0v) is 15.7. The van der Waals surface area contributed by atoms with Crippen molar-refractivity contribution in [2.45, 2.75) is 26.0 Å². The second kappa shape index (κ2) is 11.2. The highest BCUT2D eigenvalue weighted by molar-refractivity contribution is 5.85. The number of piperazine rings is 1. The third-order valence-electron chi connectivity index (χ3n) is 4.09. The Morgan fingerprint density at radius 2 is 2.12 bits per heavy atom. The largest absolute Gasteiger partial charge is 0.488 e. The Hall–Kier alpha value is -1.64. The van der Waals surface area contributed by atoms with E-state index < -0.39 is 24.3 Å².